The zero-order chi connectivity index (χ0) is 13.9. The van der Waals surface area contributed by atoms with Crippen LogP contribution in [0.3, 0.4) is 0 Å². The van der Waals surface area contributed by atoms with Crippen molar-refractivity contribution < 1.29 is 8.42 Å². The summed E-state index contributed by atoms with van der Waals surface area (Å²) in [4.78, 5) is 0.104. The molecule has 0 fully saturated rings. The van der Waals surface area contributed by atoms with Crippen molar-refractivity contribution in [2.75, 3.05) is 12.3 Å². The molecule has 0 spiro atoms. The van der Waals surface area contributed by atoms with Gasteiger partial charge in [0.25, 0.3) is 0 Å². The largest absolute Gasteiger partial charge is 0.398 e. The zero-order valence-corrected chi connectivity index (χ0v) is 13.2. The molecule has 0 aliphatic carbocycles. The molecule has 0 radical (unpaired) electrons. The number of rotatable bonds is 5. The molecule has 2 rings (SSSR count). The van der Waals surface area contributed by atoms with Gasteiger partial charge in [0.2, 0.25) is 10.0 Å². The van der Waals surface area contributed by atoms with Crippen LogP contribution in [0.15, 0.2) is 44.4 Å². The quantitative estimate of drug-likeness (QED) is 0.805. The van der Waals surface area contributed by atoms with Gasteiger partial charge in [0.05, 0.1) is 5.69 Å². The topological polar surface area (TPSA) is 72.2 Å². The molecule has 0 aliphatic heterocycles. The van der Waals surface area contributed by atoms with Crippen molar-refractivity contribution in [3.63, 3.8) is 0 Å². The molecular weight excluding hydrogens is 348 g/mol. The molecule has 2 aromatic rings. The third kappa shape index (κ3) is 3.79. The maximum absolute atomic E-state index is 12.1. The lowest BCUT2D eigenvalue weighted by molar-refractivity contribution is 0.582. The van der Waals surface area contributed by atoms with E-state index < -0.39 is 10.0 Å². The molecule has 19 heavy (non-hydrogen) atoms. The fourth-order valence-electron chi connectivity index (χ4n) is 1.58. The Kier molecular flexibility index (Phi) is 4.62. The van der Waals surface area contributed by atoms with Crippen LogP contribution in [0.5, 0.6) is 0 Å². The maximum Gasteiger partial charge on any atom is 0.242 e. The molecule has 7 heteroatoms. The van der Waals surface area contributed by atoms with E-state index >= 15 is 0 Å². The van der Waals surface area contributed by atoms with Crippen molar-refractivity contribution >= 4 is 43.0 Å². The minimum absolute atomic E-state index is 0.104. The number of hydrogen-bond donors (Lipinski definition) is 2. The Morgan fingerprint density at radius 2 is 2.11 bits per heavy atom. The molecule has 0 atom stereocenters. The van der Waals surface area contributed by atoms with Gasteiger partial charge in [-0.1, -0.05) is 15.9 Å². The third-order valence-electron chi connectivity index (χ3n) is 2.55. The van der Waals surface area contributed by atoms with Gasteiger partial charge in [-0.05, 0) is 47.0 Å². The number of nitrogens with one attached hydrogen (secondary N) is 1. The van der Waals surface area contributed by atoms with Crippen LogP contribution >= 0.6 is 27.3 Å². The molecule has 0 saturated heterocycles. The highest BCUT2D eigenvalue weighted by molar-refractivity contribution is 9.10. The van der Waals surface area contributed by atoms with E-state index in [4.69, 9.17) is 5.73 Å². The average molecular weight is 361 g/mol. The van der Waals surface area contributed by atoms with Crippen molar-refractivity contribution in [3.8, 4) is 0 Å². The summed E-state index contributed by atoms with van der Waals surface area (Å²) in [6.07, 6.45) is 0.663. The van der Waals surface area contributed by atoms with Crippen LogP contribution in [0.1, 0.15) is 5.56 Å². The Balaban J connectivity index is 2.07. The second-order valence-electron chi connectivity index (χ2n) is 3.96. The van der Waals surface area contributed by atoms with Crippen molar-refractivity contribution in [1.82, 2.24) is 4.72 Å². The molecular formula is C12H13BrN2O2S2. The van der Waals surface area contributed by atoms with E-state index in [-0.39, 0.29) is 10.6 Å². The van der Waals surface area contributed by atoms with Gasteiger partial charge in [0.1, 0.15) is 4.90 Å². The Labute approximate surface area is 124 Å². The van der Waals surface area contributed by atoms with Crippen LogP contribution in [0, 0.1) is 0 Å². The lowest BCUT2D eigenvalue weighted by Gasteiger charge is -2.09. The summed E-state index contributed by atoms with van der Waals surface area (Å²) in [6.45, 7) is 0.352. The summed E-state index contributed by atoms with van der Waals surface area (Å²) in [5, 5.41) is 3.97. The smallest absolute Gasteiger partial charge is 0.242 e. The second kappa shape index (κ2) is 6.04. The highest BCUT2D eigenvalue weighted by Crippen LogP contribution is 2.22. The van der Waals surface area contributed by atoms with Gasteiger partial charge in [-0.15, -0.1) is 0 Å². The Morgan fingerprint density at radius 1 is 1.32 bits per heavy atom. The van der Waals surface area contributed by atoms with Gasteiger partial charge < -0.3 is 5.73 Å². The van der Waals surface area contributed by atoms with Crippen molar-refractivity contribution in [3.05, 3.63) is 45.1 Å². The molecule has 0 saturated carbocycles. The van der Waals surface area contributed by atoms with Crippen LogP contribution in [-0.2, 0) is 16.4 Å². The highest BCUT2D eigenvalue weighted by Gasteiger charge is 2.17. The zero-order valence-electron chi connectivity index (χ0n) is 9.97. The summed E-state index contributed by atoms with van der Waals surface area (Å²) in [6, 6.07) is 6.76. The van der Waals surface area contributed by atoms with Crippen LogP contribution in [0.4, 0.5) is 5.69 Å². The first-order valence-electron chi connectivity index (χ1n) is 5.55. The molecule has 1 aromatic carbocycles. The van der Waals surface area contributed by atoms with Gasteiger partial charge >= 0.3 is 0 Å². The Morgan fingerprint density at radius 3 is 2.79 bits per heavy atom. The summed E-state index contributed by atoms with van der Waals surface area (Å²) >= 11 is 4.84. The predicted molar refractivity (Wildman–Crippen MR) is 81.8 cm³/mol. The molecule has 0 unspecified atom stereocenters. The number of anilines is 1. The first-order chi connectivity index (χ1) is 8.99. The van der Waals surface area contributed by atoms with E-state index in [9.17, 15) is 8.42 Å². The fourth-order valence-corrected chi connectivity index (χ4v) is 3.99. The number of sulfonamides is 1. The van der Waals surface area contributed by atoms with E-state index in [1.54, 1.807) is 23.5 Å². The first-order valence-corrected chi connectivity index (χ1v) is 8.77. The summed E-state index contributed by atoms with van der Waals surface area (Å²) in [7, 11) is -3.57. The average Bonchev–Trinajstić information content (AvgIpc) is 2.85. The van der Waals surface area contributed by atoms with Crippen LogP contribution in [0.25, 0.3) is 0 Å². The van der Waals surface area contributed by atoms with Gasteiger partial charge in [-0.25, -0.2) is 13.1 Å². The van der Waals surface area contributed by atoms with Crippen molar-refractivity contribution in [2.24, 2.45) is 0 Å². The Hall–Kier alpha value is -0.890. The van der Waals surface area contributed by atoms with E-state index in [0.717, 1.165) is 5.56 Å². The fraction of sp³-hybridized carbons (Fsp3) is 0.167. The van der Waals surface area contributed by atoms with Gasteiger partial charge in [-0.2, -0.15) is 11.3 Å². The predicted octanol–water partition coefficient (Wildman–Crippen LogP) is 2.61. The van der Waals surface area contributed by atoms with Crippen LogP contribution in [0.2, 0.25) is 0 Å². The third-order valence-corrected chi connectivity index (χ3v) is 5.29. The van der Waals surface area contributed by atoms with E-state index in [2.05, 4.69) is 20.7 Å². The van der Waals surface area contributed by atoms with E-state index in [0.29, 0.717) is 17.4 Å². The highest BCUT2D eigenvalue weighted by atomic mass is 79.9. The second-order valence-corrected chi connectivity index (χ2v) is 7.39. The number of nitrogen functional groups attached to an aromatic ring is 1. The number of thiophene rings is 1. The standard InChI is InChI=1S/C12H13BrN2O2S2/c13-10-1-2-11(14)12(7-10)19(16,17)15-5-3-9-4-6-18-8-9/h1-2,4,6-8,15H,3,5,14H2. The summed E-state index contributed by atoms with van der Waals surface area (Å²) in [5.74, 6) is 0. The van der Waals surface area contributed by atoms with Gasteiger partial charge in [-0.3, -0.25) is 0 Å². The monoisotopic (exact) mass is 360 g/mol. The van der Waals surface area contributed by atoms with Crippen LogP contribution < -0.4 is 10.5 Å². The summed E-state index contributed by atoms with van der Waals surface area (Å²) < 4.78 is 27.5. The molecule has 102 valence electrons. The van der Waals surface area contributed by atoms with Gasteiger partial charge in [0.15, 0.2) is 0 Å². The van der Waals surface area contributed by atoms with E-state index in [1.165, 1.54) is 6.07 Å². The number of halogens is 1. The normalized spacial score (nSPS) is 11.6. The number of nitrogens with two attached hydrogens (primary N) is 1. The number of hydrogen-bond acceptors (Lipinski definition) is 4. The summed E-state index contributed by atoms with van der Waals surface area (Å²) in [5.41, 5.74) is 7.07. The first kappa shape index (κ1) is 14.5. The van der Waals surface area contributed by atoms with Crippen LogP contribution in [-0.4, -0.2) is 15.0 Å². The maximum atomic E-state index is 12.1. The van der Waals surface area contributed by atoms with Crippen molar-refractivity contribution in [1.29, 1.82) is 0 Å². The van der Waals surface area contributed by atoms with Crippen molar-refractivity contribution in [2.45, 2.75) is 11.3 Å². The molecule has 0 bridgehead atoms. The minimum Gasteiger partial charge on any atom is -0.398 e. The molecule has 1 aromatic heterocycles. The lowest BCUT2D eigenvalue weighted by Crippen LogP contribution is -2.26. The molecule has 3 N–H and O–H groups in total. The minimum atomic E-state index is -3.57. The Bertz CT molecular complexity index is 654. The SMILES string of the molecule is Nc1ccc(Br)cc1S(=O)(=O)NCCc1ccsc1. The molecule has 4 nitrogen and oxygen atoms in total. The lowest BCUT2D eigenvalue weighted by atomic mass is 10.2. The number of benzene rings is 1. The van der Waals surface area contributed by atoms with E-state index in [1.807, 2.05) is 16.8 Å². The van der Waals surface area contributed by atoms with Gasteiger partial charge in [0, 0.05) is 11.0 Å². The molecule has 0 amide bonds. The molecule has 1 heterocycles. The molecule has 0 aliphatic rings.